The SMILES string of the molecule is Cc1ccc(Cl)c(F)c1C1(N)CCCCC1. The molecule has 2 N–H and O–H groups in total. The molecule has 1 saturated carbocycles. The summed E-state index contributed by atoms with van der Waals surface area (Å²) in [5.74, 6) is -0.328. The Morgan fingerprint density at radius 3 is 2.50 bits per heavy atom. The van der Waals surface area contributed by atoms with Crippen molar-refractivity contribution in [1.82, 2.24) is 0 Å². The van der Waals surface area contributed by atoms with Gasteiger partial charge in [0, 0.05) is 11.1 Å². The molecular weight excluding hydrogens is 225 g/mol. The Bertz CT molecular complexity index is 397. The molecule has 0 aliphatic heterocycles. The molecule has 0 heterocycles. The van der Waals surface area contributed by atoms with E-state index in [4.69, 9.17) is 17.3 Å². The second-order valence-electron chi connectivity index (χ2n) is 4.77. The monoisotopic (exact) mass is 241 g/mol. The van der Waals surface area contributed by atoms with Gasteiger partial charge in [-0.2, -0.15) is 0 Å². The van der Waals surface area contributed by atoms with Crippen molar-refractivity contribution in [3.05, 3.63) is 34.1 Å². The van der Waals surface area contributed by atoms with Gasteiger partial charge < -0.3 is 5.73 Å². The Labute approximate surface area is 101 Å². The van der Waals surface area contributed by atoms with Crippen LogP contribution < -0.4 is 5.73 Å². The average molecular weight is 242 g/mol. The molecule has 0 atom stereocenters. The van der Waals surface area contributed by atoms with E-state index in [9.17, 15) is 4.39 Å². The molecule has 1 aromatic carbocycles. The first-order valence-corrected chi connectivity index (χ1v) is 6.16. The maximum atomic E-state index is 14.1. The first-order valence-electron chi connectivity index (χ1n) is 5.78. The summed E-state index contributed by atoms with van der Waals surface area (Å²) in [5, 5.41) is 0.177. The smallest absolute Gasteiger partial charge is 0.147 e. The van der Waals surface area contributed by atoms with Crippen LogP contribution in [0.2, 0.25) is 5.02 Å². The normalized spacial score (nSPS) is 19.8. The molecule has 0 bridgehead atoms. The van der Waals surface area contributed by atoms with Gasteiger partial charge in [-0.15, -0.1) is 0 Å². The van der Waals surface area contributed by atoms with Gasteiger partial charge in [0.05, 0.1) is 5.02 Å². The minimum absolute atomic E-state index is 0.177. The molecule has 1 nitrogen and oxygen atoms in total. The number of hydrogen-bond donors (Lipinski definition) is 1. The van der Waals surface area contributed by atoms with Crippen molar-refractivity contribution in [3.63, 3.8) is 0 Å². The molecule has 0 unspecified atom stereocenters. The second kappa shape index (κ2) is 4.34. The van der Waals surface area contributed by atoms with Gasteiger partial charge in [-0.05, 0) is 31.4 Å². The van der Waals surface area contributed by atoms with Crippen LogP contribution in [0.5, 0.6) is 0 Å². The molecule has 0 amide bonds. The highest BCUT2D eigenvalue weighted by Crippen LogP contribution is 2.39. The van der Waals surface area contributed by atoms with Crippen LogP contribution >= 0.6 is 11.6 Å². The maximum absolute atomic E-state index is 14.1. The van der Waals surface area contributed by atoms with E-state index in [1.165, 1.54) is 6.42 Å². The molecule has 1 aliphatic rings. The molecule has 0 spiro atoms. The van der Waals surface area contributed by atoms with Crippen molar-refractivity contribution >= 4 is 11.6 Å². The lowest BCUT2D eigenvalue weighted by atomic mass is 9.76. The molecule has 0 radical (unpaired) electrons. The zero-order valence-corrected chi connectivity index (χ0v) is 10.3. The van der Waals surface area contributed by atoms with Gasteiger partial charge in [0.15, 0.2) is 0 Å². The van der Waals surface area contributed by atoms with Crippen LogP contribution in [0.25, 0.3) is 0 Å². The summed E-state index contributed by atoms with van der Waals surface area (Å²) in [6.07, 6.45) is 5.04. The largest absolute Gasteiger partial charge is 0.321 e. The van der Waals surface area contributed by atoms with E-state index in [0.29, 0.717) is 5.56 Å². The van der Waals surface area contributed by atoms with Gasteiger partial charge in [-0.3, -0.25) is 0 Å². The predicted molar refractivity (Wildman–Crippen MR) is 65.1 cm³/mol. The fourth-order valence-corrected chi connectivity index (χ4v) is 2.85. The van der Waals surface area contributed by atoms with Crippen LogP contribution in [0.1, 0.15) is 43.2 Å². The summed E-state index contributed by atoms with van der Waals surface area (Å²) >= 11 is 5.84. The highest BCUT2D eigenvalue weighted by Gasteiger charge is 2.33. The third kappa shape index (κ3) is 1.96. The number of aryl methyl sites for hydroxylation is 1. The molecule has 16 heavy (non-hydrogen) atoms. The number of hydrogen-bond acceptors (Lipinski definition) is 1. The lowest BCUT2D eigenvalue weighted by molar-refractivity contribution is 0.291. The van der Waals surface area contributed by atoms with E-state index in [0.717, 1.165) is 31.2 Å². The van der Waals surface area contributed by atoms with Crippen molar-refractivity contribution in [2.45, 2.75) is 44.6 Å². The summed E-state index contributed by atoms with van der Waals surface area (Å²) < 4.78 is 14.1. The van der Waals surface area contributed by atoms with E-state index in [1.54, 1.807) is 6.07 Å². The Kier molecular flexibility index (Phi) is 3.22. The number of halogens is 2. The minimum Gasteiger partial charge on any atom is -0.321 e. The Hall–Kier alpha value is -0.600. The average Bonchev–Trinajstić information content (AvgIpc) is 2.25. The zero-order valence-electron chi connectivity index (χ0n) is 9.52. The highest BCUT2D eigenvalue weighted by molar-refractivity contribution is 6.30. The van der Waals surface area contributed by atoms with Gasteiger partial charge >= 0.3 is 0 Å². The van der Waals surface area contributed by atoms with Gasteiger partial charge in [-0.25, -0.2) is 4.39 Å². The third-order valence-electron chi connectivity index (χ3n) is 3.55. The fraction of sp³-hybridized carbons (Fsp3) is 0.538. The summed E-state index contributed by atoms with van der Waals surface area (Å²) in [7, 11) is 0. The molecule has 3 heteroatoms. The molecule has 0 saturated heterocycles. The van der Waals surface area contributed by atoms with Crippen LogP contribution in [0.3, 0.4) is 0 Å². The van der Waals surface area contributed by atoms with Crippen molar-refractivity contribution in [2.75, 3.05) is 0 Å². The number of benzene rings is 1. The molecule has 1 aliphatic carbocycles. The van der Waals surface area contributed by atoms with Crippen LogP contribution in [-0.4, -0.2) is 0 Å². The van der Waals surface area contributed by atoms with Crippen LogP contribution in [0, 0.1) is 12.7 Å². The first kappa shape index (κ1) is 11.9. The van der Waals surface area contributed by atoms with E-state index >= 15 is 0 Å². The lowest BCUT2D eigenvalue weighted by Gasteiger charge is -2.35. The van der Waals surface area contributed by atoms with E-state index in [2.05, 4.69) is 0 Å². The fourth-order valence-electron chi connectivity index (χ4n) is 2.69. The molecule has 0 aromatic heterocycles. The van der Waals surface area contributed by atoms with Crippen molar-refractivity contribution < 1.29 is 4.39 Å². The Morgan fingerprint density at radius 1 is 1.25 bits per heavy atom. The first-order chi connectivity index (χ1) is 7.54. The quantitative estimate of drug-likeness (QED) is 0.793. The van der Waals surface area contributed by atoms with Gasteiger partial charge in [0.25, 0.3) is 0 Å². The second-order valence-corrected chi connectivity index (χ2v) is 5.18. The van der Waals surface area contributed by atoms with E-state index in [1.807, 2.05) is 13.0 Å². The predicted octanol–water partition coefficient (Wildman–Crippen LogP) is 3.91. The third-order valence-corrected chi connectivity index (χ3v) is 3.84. The van der Waals surface area contributed by atoms with Gasteiger partial charge in [0.2, 0.25) is 0 Å². The summed E-state index contributed by atoms with van der Waals surface area (Å²) in [4.78, 5) is 0. The van der Waals surface area contributed by atoms with E-state index in [-0.39, 0.29) is 10.8 Å². The number of rotatable bonds is 1. The molecule has 2 rings (SSSR count). The number of nitrogens with two attached hydrogens (primary N) is 1. The summed E-state index contributed by atoms with van der Waals surface area (Å²) in [6, 6.07) is 3.45. The molecule has 88 valence electrons. The summed E-state index contributed by atoms with van der Waals surface area (Å²) in [6.45, 7) is 1.90. The molecule has 1 aromatic rings. The maximum Gasteiger partial charge on any atom is 0.147 e. The highest BCUT2D eigenvalue weighted by atomic mass is 35.5. The van der Waals surface area contributed by atoms with Gasteiger partial charge in [0.1, 0.15) is 5.82 Å². The van der Waals surface area contributed by atoms with Crippen molar-refractivity contribution in [2.24, 2.45) is 5.73 Å². The van der Waals surface area contributed by atoms with E-state index < -0.39 is 5.54 Å². The minimum atomic E-state index is -0.517. The molecule has 1 fully saturated rings. The topological polar surface area (TPSA) is 26.0 Å². The zero-order chi connectivity index (χ0) is 11.8. The Morgan fingerprint density at radius 2 is 1.88 bits per heavy atom. The lowest BCUT2D eigenvalue weighted by Crippen LogP contribution is -2.40. The van der Waals surface area contributed by atoms with Crippen LogP contribution in [-0.2, 0) is 5.54 Å². The summed E-state index contributed by atoms with van der Waals surface area (Å²) in [5.41, 5.74) is 7.37. The standard InChI is InChI=1S/C13H17ClFN/c1-9-5-6-10(14)12(15)11(9)13(16)7-3-2-4-8-13/h5-6H,2-4,7-8,16H2,1H3. The van der Waals surface area contributed by atoms with Crippen LogP contribution in [0.4, 0.5) is 4.39 Å². The van der Waals surface area contributed by atoms with Gasteiger partial charge in [-0.1, -0.05) is 36.9 Å². The van der Waals surface area contributed by atoms with Crippen LogP contribution in [0.15, 0.2) is 12.1 Å². The molecular formula is C13H17ClFN. The Balaban J connectivity index is 2.49. The van der Waals surface area contributed by atoms with Crippen molar-refractivity contribution in [1.29, 1.82) is 0 Å². The van der Waals surface area contributed by atoms with Crippen molar-refractivity contribution in [3.8, 4) is 0 Å².